The lowest BCUT2D eigenvalue weighted by molar-refractivity contribution is -0.125. The fourth-order valence-corrected chi connectivity index (χ4v) is 5.68. The molecule has 4 aromatic carbocycles. The fourth-order valence-electron chi connectivity index (χ4n) is 5.68. The summed E-state index contributed by atoms with van der Waals surface area (Å²) < 4.78 is 22.9. The van der Waals surface area contributed by atoms with E-state index < -0.39 is 0 Å². The minimum Gasteiger partial charge on any atom is -0.493 e. The zero-order chi connectivity index (χ0) is 31.8. The summed E-state index contributed by atoms with van der Waals surface area (Å²) in [6.45, 7) is 0.537. The number of hydrogen-bond acceptors (Lipinski definition) is 7. The van der Waals surface area contributed by atoms with Crippen molar-refractivity contribution in [2.45, 2.75) is 44.8 Å². The zero-order valence-corrected chi connectivity index (χ0v) is 25.9. The molecule has 45 heavy (non-hydrogen) atoms. The zero-order valence-electron chi connectivity index (χ0n) is 25.9. The lowest BCUT2D eigenvalue weighted by atomic mass is 10.1. The summed E-state index contributed by atoms with van der Waals surface area (Å²) in [5.41, 5.74) is 10.5. The lowest BCUT2D eigenvalue weighted by Gasteiger charge is -2.26. The van der Waals surface area contributed by atoms with Gasteiger partial charge in [-0.1, -0.05) is 48.5 Å². The SMILES string of the molecule is COc1cc(CN(C(=O)CCC(=O)NC2CCc3ccccc32)c2ccccc2Oc2cccc(CN)c2)cc(OC)c1OC. The van der Waals surface area contributed by atoms with E-state index in [1.807, 2.05) is 60.7 Å². The Morgan fingerprint density at radius 3 is 2.29 bits per heavy atom. The first-order valence-electron chi connectivity index (χ1n) is 15.0. The molecule has 1 unspecified atom stereocenters. The Bertz CT molecular complexity index is 1630. The quantitative estimate of drug-likeness (QED) is 0.189. The second-order valence-electron chi connectivity index (χ2n) is 10.8. The monoisotopic (exact) mass is 609 g/mol. The minimum atomic E-state index is -0.238. The summed E-state index contributed by atoms with van der Waals surface area (Å²) in [4.78, 5) is 28.7. The van der Waals surface area contributed by atoms with Crippen molar-refractivity contribution in [3.8, 4) is 28.7 Å². The van der Waals surface area contributed by atoms with Gasteiger partial charge in [-0.15, -0.1) is 0 Å². The second-order valence-corrected chi connectivity index (χ2v) is 10.8. The summed E-state index contributed by atoms with van der Waals surface area (Å²) in [6, 6.07) is 26.6. The van der Waals surface area contributed by atoms with Gasteiger partial charge in [0.05, 0.1) is 39.6 Å². The molecule has 1 aliphatic carbocycles. The Balaban J connectivity index is 1.41. The minimum absolute atomic E-state index is 0.00160. The molecule has 234 valence electrons. The van der Waals surface area contributed by atoms with Crippen LogP contribution in [0.4, 0.5) is 5.69 Å². The van der Waals surface area contributed by atoms with Gasteiger partial charge < -0.3 is 34.9 Å². The number of carbonyl (C=O) groups excluding carboxylic acids is 2. The molecule has 0 fully saturated rings. The van der Waals surface area contributed by atoms with Crippen molar-refractivity contribution in [3.63, 3.8) is 0 Å². The number of carbonyl (C=O) groups is 2. The third-order valence-corrected chi connectivity index (χ3v) is 7.92. The predicted octanol–water partition coefficient (Wildman–Crippen LogP) is 6.08. The number of para-hydroxylation sites is 2. The van der Waals surface area contributed by atoms with Crippen molar-refractivity contribution in [2.75, 3.05) is 26.2 Å². The molecule has 9 nitrogen and oxygen atoms in total. The molecule has 0 aromatic heterocycles. The van der Waals surface area contributed by atoms with E-state index in [4.69, 9.17) is 24.7 Å². The number of anilines is 1. The fraction of sp³-hybridized carbons (Fsp3) is 0.278. The van der Waals surface area contributed by atoms with Crippen molar-refractivity contribution in [3.05, 3.63) is 107 Å². The molecule has 9 heteroatoms. The maximum atomic E-state index is 14.0. The van der Waals surface area contributed by atoms with Gasteiger partial charge in [-0.25, -0.2) is 0 Å². The molecule has 0 radical (unpaired) electrons. The van der Waals surface area contributed by atoms with Crippen LogP contribution in [0.5, 0.6) is 28.7 Å². The molecule has 5 rings (SSSR count). The summed E-state index contributed by atoms with van der Waals surface area (Å²) >= 11 is 0. The van der Waals surface area contributed by atoms with Crippen LogP contribution in [0.25, 0.3) is 0 Å². The average Bonchev–Trinajstić information content (AvgIpc) is 3.48. The molecule has 0 spiro atoms. The number of hydrogen-bond donors (Lipinski definition) is 2. The number of nitrogens with zero attached hydrogens (tertiary/aromatic N) is 1. The van der Waals surface area contributed by atoms with E-state index in [1.54, 1.807) is 38.4 Å². The highest BCUT2D eigenvalue weighted by Gasteiger charge is 2.26. The normalized spacial score (nSPS) is 13.5. The Morgan fingerprint density at radius 2 is 1.56 bits per heavy atom. The van der Waals surface area contributed by atoms with E-state index in [1.165, 1.54) is 5.56 Å². The molecular formula is C36H39N3O6. The van der Waals surface area contributed by atoms with E-state index >= 15 is 0 Å². The largest absolute Gasteiger partial charge is 0.493 e. The molecule has 4 aromatic rings. The summed E-state index contributed by atoms with van der Waals surface area (Å²) in [5, 5.41) is 3.12. The Labute approximate surface area is 263 Å². The van der Waals surface area contributed by atoms with Gasteiger partial charge in [0, 0.05) is 19.4 Å². The molecule has 1 atom stereocenters. The van der Waals surface area contributed by atoms with Gasteiger partial charge >= 0.3 is 0 Å². The number of nitrogens with two attached hydrogens (primary N) is 1. The van der Waals surface area contributed by atoms with Gasteiger partial charge in [-0.2, -0.15) is 0 Å². The Kier molecular flexibility index (Phi) is 10.2. The van der Waals surface area contributed by atoms with Gasteiger partial charge in [0.1, 0.15) is 5.75 Å². The van der Waals surface area contributed by atoms with Crippen LogP contribution in [-0.2, 0) is 29.1 Å². The van der Waals surface area contributed by atoms with Crippen molar-refractivity contribution < 1.29 is 28.5 Å². The van der Waals surface area contributed by atoms with Crippen LogP contribution >= 0.6 is 0 Å². The molecule has 0 saturated heterocycles. The molecule has 0 heterocycles. The van der Waals surface area contributed by atoms with Crippen molar-refractivity contribution in [1.82, 2.24) is 5.32 Å². The lowest BCUT2D eigenvalue weighted by Crippen LogP contribution is -2.33. The average molecular weight is 610 g/mol. The number of amides is 2. The molecule has 0 bridgehead atoms. The highest BCUT2D eigenvalue weighted by atomic mass is 16.5. The first kappa shape index (κ1) is 31.4. The topological polar surface area (TPSA) is 112 Å². The Hall–Kier alpha value is -5.02. The highest BCUT2D eigenvalue weighted by Crippen LogP contribution is 2.40. The number of nitrogens with one attached hydrogen (secondary N) is 1. The van der Waals surface area contributed by atoms with E-state index in [-0.39, 0.29) is 37.2 Å². The molecule has 0 aliphatic heterocycles. The maximum Gasteiger partial charge on any atom is 0.227 e. The third-order valence-electron chi connectivity index (χ3n) is 7.92. The van der Waals surface area contributed by atoms with Crippen LogP contribution in [-0.4, -0.2) is 33.1 Å². The first-order chi connectivity index (χ1) is 21.9. The number of methoxy groups -OCH3 is 3. The Morgan fingerprint density at radius 1 is 0.822 bits per heavy atom. The van der Waals surface area contributed by atoms with Crippen molar-refractivity contribution in [1.29, 1.82) is 0 Å². The van der Waals surface area contributed by atoms with Crippen molar-refractivity contribution in [2.24, 2.45) is 5.73 Å². The molecule has 3 N–H and O–H groups in total. The number of ether oxygens (including phenoxy) is 4. The van der Waals surface area contributed by atoms with Crippen LogP contribution in [0.1, 0.15) is 47.6 Å². The van der Waals surface area contributed by atoms with E-state index in [0.717, 1.165) is 29.5 Å². The number of fused-ring (bicyclic) bond motifs is 1. The van der Waals surface area contributed by atoms with Gasteiger partial charge in [0.2, 0.25) is 17.6 Å². The maximum absolute atomic E-state index is 14.0. The van der Waals surface area contributed by atoms with E-state index in [2.05, 4.69) is 17.4 Å². The van der Waals surface area contributed by atoms with Gasteiger partial charge in [0.25, 0.3) is 0 Å². The highest BCUT2D eigenvalue weighted by molar-refractivity contribution is 5.96. The molecular weight excluding hydrogens is 570 g/mol. The number of benzene rings is 4. The van der Waals surface area contributed by atoms with Gasteiger partial charge in [-0.3, -0.25) is 9.59 Å². The van der Waals surface area contributed by atoms with Crippen LogP contribution in [0.15, 0.2) is 84.9 Å². The summed E-state index contributed by atoms with van der Waals surface area (Å²) in [6.07, 6.45) is 1.82. The van der Waals surface area contributed by atoms with Gasteiger partial charge in [-0.05, 0) is 71.5 Å². The summed E-state index contributed by atoms with van der Waals surface area (Å²) in [5.74, 6) is 2.08. The number of rotatable bonds is 13. The molecule has 0 saturated carbocycles. The van der Waals surface area contributed by atoms with Gasteiger partial charge in [0.15, 0.2) is 17.2 Å². The van der Waals surface area contributed by atoms with E-state index in [9.17, 15) is 9.59 Å². The molecule has 2 amide bonds. The molecule has 1 aliphatic rings. The van der Waals surface area contributed by atoms with Crippen LogP contribution < -0.4 is 34.9 Å². The second kappa shape index (κ2) is 14.6. The van der Waals surface area contributed by atoms with Crippen LogP contribution in [0, 0.1) is 0 Å². The van der Waals surface area contributed by atoms with Crippen LogP contribution in [0.3, 0.4) is 0 Å². The predicted molar refractivity (Wildman–Crippen MR) is 173 cm³/mol. The van der Waals surface area contributed by atoms with Crippen molar-refractivity contribution >= 4 is 17.5 Å². The number of aryl methyl sites for hydroxylation is 1. The third kappa shape index (κ3) is 7.38. The van der Waals surface area contributed by atoms with E-state index in [0.29, 0.717) is 41.0 Å². The standard InChI is InChI=1S/C36H39N3O6/c1-42-32-20-25(21-33(43-2)36(32)44-3)23-39(30-13-6-7-14-31(30)45-27-11-8-9-24(19-27)22-37)35(41)18-17-34(40)38-29-16-15-26-10-4-5-12-28(26)29/h4-14,19-21,29H,15-18,22-23,37H2,1-3H3,(H,38,40). The summed E-state index contributed by atoms with van der Waals surface area (Å²) in [7, 11) is 4.63. The first-order valence-corrected chi connectivity index (χ1v) is 15.0. The smallest absolute Gasteiger partial charge is 0.227 e. The van der Waals surface area contributed by atoms with Crippen LogP contribution in [0.2, 0.25) is 0 Å².